The van der Waals surface area contributed by atoms with Crippen LogP contribution in [-0.2, 0) is 20.0 Å². The maximum Gasteiger partial charge on any atom is 0.0625 e. The smallest absolute Gasteiger partial charge is 0.0625 e. The van der Waals surface area contributed by atoms with Crippen molar-refractivity contribution in [1.29, 1.82) is 0 Å². The van der Waals surface area contributed by atoms with Gasteiger partial charge in [0.2, 0.25) is 0 Å². The minimum Gasteiger partial charge on any atom is -0.308 e. The molecule has 0 bridgehead atoms. The van der Waals surface area contributed by atoms with E-state index in [0.717, 1.165) is 26.1 Å². The maximum atomic E-state index is 4.57. The van der Waals surface area contributed by atoms with Gasteiger partial charge >= 0.3 is 0 Å². The van der Waals surface area contributed by atoms with Gasteiger partial charge in [-0.05, 0) is 32.3 Å². The van der Waals surface area contributed by atoms with E-state index in [1.165, 1.54) is 24.2 Å². The van der Waals surface area contributed by atoms with E-state index < -0.39 is 0 Å². The second-order valence-corrected chi connectivity index (χ2v) is 6.23. The summed E-state index contributed by atoms with van der Waals surface area (Å²) in [5, 5.41) is 8.34. The van der Waals surface area contributed by atoms with Gasteiger partial charge in [0.1, 0.15) is 0 Å². The highest BCUT2D eigenvalue weighted by Gasteiger charge is 2.35. The van der Waals surface area contributed by atoms with Crippen molar-refractivity contribution in [2.75, 3.05) is 13.1 Å². The van der Waals surface area contributed by atoms with E-state index in [1.807, 2.05) is 4.68 Å². The molecule has 1 N–H and O–H groups in total. The van der Waals surface area contributed by atoms with Crippen molar-refractivity contribution in [3.8, 4) is 0 Å². The number of nitrogens with one attached hydrogen (secondary N) is 1. The normalized spacial score (nSPS) is 23.1. The van der Waals surface area contributed by atoms with Gasteiger partial charge in [0.15, 0.2) is 0 Å². The quantitative estimate of drug-likeness (QED) is 0.897. The SMILES string of the molecule is CCc1cc(CN2CC(CC)(CC)NCC2C)n(C)n1. The monoisotopic (exact) mass is 278 g/mol. The van der Waals surface area contributed by atoms with Crippen LogP contribution >= 0.6 is 0 Å². The predicted octanol–water partition coefficient (Wildman–Crippen LogP) is 2.33. The van der Waals surface area contributed by atoms with Crippen LogP contribution in [0.3, 0.4) is 0 Å². The van der Waals surface area contributed by atoms with Gasteiger partial charge in [-0.3, -0.25) is 9.58 Å². The van der Waals surface area contributed by atoms with Crippen molar-refractivity contribution < 1.29 is 0 Å². The summed E-state index contributed by atoms with van der Waals surface area (Å²) in [6, 6.07) is 2.84. The van der Waals surface area contributed by atoms with Gasteiger partial charge in [0, 0.05) is 38.3 Å². The second-order valence-electron chi connectivity index (χ2n) is 6.23. The van der Waals surface area contributed by atoms with Gasteiger partial charge in [-0.25, -0.2) is 0 Å². The lowest BCUT2D eigenvalue weighted by molar-refractivity contribution is 0.0726. The van der Waals surface area contributed by atoms with Crippen LogP contribution in [0.1, 0.15) is 51.9 Å². The topological polar surface area (TPSA) is 33.1 Å². The minimum atomic E-state index is 0.290. The third kappa shape index (κ3) is 3.07. The molecule has 4 heteroatoms. The largest absolute Gasteiger partial charge is 0.308 e. The molecule has 20 heavy (non-hydrogen) atoms. The van der Waals surface area contributed by atoms with E-state index in [-0.39, 0.29) is 0 Å². The summed E-state index contributed by atoms with van der Waals surface area (Å²) in [5.74, 6) is 0. The Hall–Kier alpha value is -0.870. The maximum absolute atomic E-state index is 4.57. The van der Waals surface area contributed by atoms with Crippen molar-refractivity contribution >= 4 is 0 Å². The Morgan fingerprint density at radius 2 is 2.05 bits per heavy atom. The third-order valence-corrected chi connectivity index (χ3v) is 5.01. The predicted molar refractivity (Wildman–Crippen MR) is 83.8 cm³/mol. The summed E-state index contributed by atoms with van der Waals surface area (Å²) in [5.41, 5.74) is 2.82. The molecule has 0 aliphatic carbocycles. The van der Waals surface area contributed by atoms with Gasteiger partial charge in [0.05, 0.1) is 11.4 Å². The van der Waals surface area contributed by atoms with Gasteiger partial charge in [0.25, 0.3) is 0 Å². The first-order valence-electron chi connectivity index (χ1n) is 8.04. The number of aryl methyl sites for hydroxylation is 2. The van der Waals surface area contributed by atoms with Crippen molar-refractivity contribution in [2.24, 2.45) is 7.05 Å². The molecule has 1 aromatic heterocycles. The Bertz CT molecular complexity index is 434. The Balaban J connectivity index is 2.11. The van der Waals surface area contributed by atoms with Gasteiger partial charge in [-0.15, -0.1) is 0 Å². The van der Waals surface area contributed by atoms with E-state index >= 15 is 0 Å². The molecule has 2 rings (SSSR count). The molecule has 1 saturated heterocycles. The van der Waals surface area contributed by atoms with Crippen LogP contribution in [0.5, 0.6) is 0 Å². The summed E-state index contributed by atoms with van der Waals surface area (Å²) >= 11 is 0. The highest BCUT2D eigenvalue weighted by molar-refractivity contribution is 5.11. The summed E-state index contributed by atoms with van der Waals surface area (Å²) in [4.78, 5) is 2.61. The van der Waals surface area contributed by atoms with E-state index in [0.29, 0.717) is 11.6 Å². The van der Waals surface area contributed by atoms with Gasteiger partial charge in [-0.2, -0.15) is 5.10 Å². The number of aromatic nitrogens is 2. The Morgan fingerprint density at radius 1 is 1.35 bits per heavy atom. The number of rotatable bonds is 5. The van der Waals surface area contributed by atoms with E-state index in [4.69, 9.17) is 0 Å². The van der Waals surface area contributed by atoms with Crippen LogP contribution in [0.4, 0.5) is 0 Å². The highest BCUT2D eigenvalue weighted by atomic mass is 15.3. The molecule has 4 nitrogen and oxygen atoms in total. The Kier molecular flexibility index (Phi) is 4.86. The Morgan fingerprint density at radius 3 is 2.60 bits per heavy atom. The zero-order chi connectivity index (χ0) is 14.8. The number of nitrogens with zero attached hydrogens (tertiary/aromatic N) is 3. The fourth-order valence-electron chi connectivity index (χ4n) is 3.13. The Labute approximate surface area is 123 Å². The molecule has 0 spiro atoms. The number of hydrogen-bond donors (Lipinski definition) is 1. The van der Waals surface area contributed by atoms with E-state index in [9.17, 15) is 0 Å². The summed E-state index contributed by atoms with van der Waals surface area (Å²) in [6.45, 7) is 12.3. The van der Waals surface area contributed by atoms with Gasteiger partial charge < -0.3 is 5.32 Å². The van der Waals surface area contributed by atoms with E-state index in [1.54, 1.807) is 0 Å². The van der Waals surface area contributed by atoms with Crippen molar-refractivity contribution in [1.82, 2.24) is 20.0 Å². The molecule has 0 radical (unpaired) electrons. The number of hydrogen-bond acceptors (Lipinski definition) is 3. The molecule has 0 aromatic carbocycles. The summed E-state index contributed by atoms with van der Waals surface area (Å²) < 4.78 is 2.05. The van der Waals surface area contributed by atoms with Crippen LogP contribution in [0.25, 0.3) is 0 Å². The standard InChI is InChI=1S/C16H30N4/c1-6-14-9-15(19(5)18-14)11-20-12-16(7-2,8-3)17-10-13(20)4/h9,13,17H,6-8,10-12H2,1-5H3. The van der Waals surface area contributed by atoms with Crippen LogP contribution < -0.4 is 5.32 Å². The first-order valence-corrected chi connectivity index (χ1v) is 8.04. The van der Waals surface area contributed by atoms with Crippen LogP contribution in [0, 0.1) is 0 Å². The molecule has 1 aromatic rings. The van der Waals surface area contributed by atoms with E-state index in [2.05, 4.69) is 56.1 Å². The minimum absolute atomic E-state index is 0.290. The molecule has 0 amide bonds. The average molecular weight is 278 g/mol. The van der Waals surface area contributed by atoms with Crippen molar-refractivity contribution in [3.63, 3.8) is 0 Å². The summed E-state index contributed by atoms with van der Waals surface area (Å²) in [7, 11) is 2.06. The summed E-state index contributed by atoms with van der Waals surface area (Å²) in [6.07, 6.45) is 3.40. The first-order chi connectivity index (χ1) is 9.53. The second kappa shape index (κ2) is 6.27. The molecule has 1 aliphatic rings. The molecule has 1 fully saturated rings. The van der Waals surface area contributed by atoms with Crippen molar-refractivity contribution in [3.05, 3.63) is 17.5 Å². The molecular formula is C16H30N4. The lowest BCUT2D eigenvalue weighted by Gasteiger charge is -2.46. The first kappa shape index (κ1) is 15.5. The molecular weight excluding hydrogens is 248 g/mol. The van der Waals surface area contributed by atoms with Gasteiger partial charge in [-0.1, -0.05) is 20.8 Å². The highest BCUT2D eigenvalue weighted by Crippen LogP contribution is 2.24. The lowest BCUT2D eigenvalue weighted by Crippen LogP contribution is -2.62. The zero-order valence-corrected chi connectivity index (χ0v) is 13.7. The molecule has 1 atom stereocenters. The van der Waals surface area contributed by atoms with Crippen molar-refractivity contribution in [2.45, 2.75) is 65.1 Å². The number of piperazine rings is 1. The molecule has 1 aliphatic heterocycles. The van der Waals surface area contributed by atoms with Crippen LogP contribution in [0.15, 0.2) is 6.07 Å². The van der Waals surface area contributed by atoms with Crippen LogP contribution in [-0.4, -0.2) is 39.4 Å². The fraction of sp³-hybridized carbons (Fsp3) is 0.812. The van der Waals surface area contributed by atoms with Crippen LogP contribution in [0.2, 0.25) is 0 Å². The fourth-order valence-corrected chi connectivity index (χ4v) is 3.13. The third-order valence-electron chi connectivity index (χ3n) is 5.01. The lowest BCUT2D eigenvalue weighted by atomic mass is 9.88. The molecule has 0 saturated carbocycles. The molecule has 114 valence electrons. The zero-order valence-electron chi connectivity index (χ0n) is 13.7. The molecule has 1 unspecified atom stereocenters. The molecule has 2 heterocycles. The average Bonchev–Trinajstić information content (AvgIpc) is 2.82.